The van der Waals surface area contributed by atoms with Crippen LogP contribution < -0.4 is 15.5 Å². The van der Waals surface area contributed by atoms with Gasteiger partial charge in [0.1, 0.15) is 17.3 Å². The Kier molecular flexibility index (Phi) is 7.29. The molecule has 6 rings (SSSR count). The van der Waals surface area contributed by atoms with Crippen LogP contribution in [0.2, 0.25) is 0 Å². The Hall–Kier alpha value is -4.48. The van der Waals surface area contributed by atoms with E-state index in [4.69, 9.17) is 0 Å². The SMILES string of the molecule is CNC(=O)c1ccc(-c2cc3c(N(C(=O)c4ccc(-c5cn(C)nn5)cc4F)[C@@H]4CCCNC4)nccc3s2)cc1. The number of thiophene rings is 1. The third-order valence-corrected chi connectivity index (χ3v) is 8.41. The second-order valence-electron chi connectivity index (χ2n) is 9.96. The zero-order chi connectivity index (χ0) is 28.5. The molecule has 0 spiro atoms. The van der Waals surface area contributed by atoms with Gasteiger partial charge in [-0.05, 0) is 61.3 Å². The highest BCUT2D eigenvalue weighted by Crippen LogP contribution is 2.39. The van der Waals surface area contributed by atoms with Gasteiger partial charge in [0.15, 0.2) is 0 Å². The van der Waals surface area contributed by atoms with Crippen molar-refractivity contribution in [2.24, 2.45) is 7.05 Å². The van der Waals surface area contributed by atoms with Gasteiger partial charge in [0.05, 0.1) is 17.8 Å². The van der Waals surface area contributed by atoms with Gasteiger partial charge in [-0.1, -0.05) is 23.4 Å². The number of hydrogen-bond acceptors (Lipinski definition) is 7. The molecule has 0 aliphatic carbocycles. The van der Waals surface area contributed by atoms with E-state index in [0.717, 1.165) is 39.9 Å². The average Bonchev–Trinajstić information content (AvgIpc) is 3.64. The number of benzene rings is 2. The number of anilines is 1. The van der Waals surface area contributed by atoms with Crippen LogP contribution in [0, 0.1) is 5.82 Å². The molecule has 1 saturated heterocycles. The summed E-state index contributed by atoms with van der Waals surface area (Å²) in [5.74, 6) is -0.708. The standard InChI is InChI=1S/C30H28FN7O2S/c1-32-29(39)19-7-5-18(6-8-19)27-15-23-26(41-27)11-13-34-28(23)38(21-4-3-12-33-16-21)30(40)22-10-9-20(14-24(22)31)25-17-37(2)36-35-25/h5-11,13-15,17,21,33H,3-4,12,16H2,1-2H3,(H,32,39)/t21-/m1/s1. The Morgan fingerprint density at radius 1 is 1.12 bits per heavy atom. The third kappa shape index (κ3) is 5.21. The zero-order valence-electron chi connectivity index (χ0n) is 22.6. The Balaban J connectivity index is 1.40. The number of fused-ring (bicyclic) bond motifs is 1. The first-order chi connectivity index (χ1) is 19.9. The molecule has 2 aromatic carbocycles. The molecule has 2 N–H and O–H groups in total. The number of aryl methyl sites for hydroxylation is 1. The lowest BCUT2D eigenvalue weighted by Crippen LogP contribution is -2.49. The van der Waals surface area contributed by atoms with Crippen LogP contribution in [0.4, 0.5) is 10.2 Å². The summed E-state index contributed by atoms with van der Waals surface area (Å²) in [5.41, 5.74) is 2.58. The summed E-state index contributed by atoms with van der Waals surface area (Å²) < 4.78 is 18.0. The van der Waals surface area contributed by atoms with Crippen molar-refractivity contribution in [3.8, 4) is 21.7 Å². The minimum absolute atomic E-state index is 0.0257. The van der Waals surface area contributed by atoms with Gasteiger partial charge in [-0.3, -0.25) is 19.2 Å². The molecule has 1 aliphatic rings. The maximum absolute atomic E-state index is 15.5. The molecule has 5 aromatic rings. The summed E-state index contributed by atoms with van der Waals surface area (Å²) in [6.07, 6.45) is 5.05. The van der Waals surface area contributed by atoms with Gasteiger partial charge in [0.2, 0.25) is 0 Å². The van der Waals surface area contributed by atoms with E-state index >= 15 is 4.39 Å². The Morgan fingerprint density at radius 2 is 1.93 bits per heavy atom. The molecule has 9 nitrogen and oxygen atoms in total. The number of piperidine rings is 1. The van der Waals surface area contributed by atoms with Crippen LogP contribution in [-0.2, 0) is 7.05 Å². The molecule has 2 amide bonds. The maximum Gasteiger partial charge on any atom is 0.262 e. The molecule has 4 heterocycles. The summed E-state index contributed by atoms with van der Waals surface area (Å²) >= 11 is 1.58. The predicted molar refractivity (Wildman–Crippen MR) is 158 cm³/mol. The van der Waals surface area contributed by atoms with Crippen molar-refractivity contribution in [1.82, 2.24) is 30.6 Å². The molecule has 0 bridgehead atoms. The number of carbonyl (C=O) groups excluding carboxylic acids is 2. The molecule has 3 aromatic heterocycles. The minimum atomic E-state index is -0.624. The Bertz CT molecular complexity index is 1740. The van der Waals surface area contributed by atoms with E-state index in [-0.39, 0.29) is 17.5 Å². The first-order valence-electron chi connectivity index (χ1n) is 13.3. The second-order valence-corrected chi connectivity index (χ2v) is 11.0. The van der Waals surface area contributed by atoms with E-state index in [9.17, 15) is 9.59 Å². The van der Waals surface area contributed by atoms with E-state index in [0.29, 0.717) is 29.2 Å². The van der Waals surface area contributed by atoms with Crippen LogP contribution in [-0.4, -0.2) is 58.0 Å². The molecule has 208 valence electrons. The van der Waals surface area contributed by atoms with Gasteiger partial charge >= 0.3 is 0 Å². The molecule has 1 fully saturated rings. The number of hydrogen-bond donors (Lipinski definition) is 2. The van der Waals surface area contributed by atoms with Crippen molar-refractivity contribution in [3.63, 3.8) is 0 Å². The predicted octanol–water partition coefficient (Wildman–Crippen LogP) is 4.66. The number of nitrogens with one attached hydrogen (secondary N) is 2. The summed E-state index contributed by atoms with van der Waals surface area (Å²) in [4.78, 5) is 33.4. The summed E-state index contributed by atoms with van der Waals surface area (Å²) in [6.45, 7) is 1.45. The lowest BCUT2D eigenvalue weighted by molar-refractivity contribution is 0.0957. The Labute approximate surface area is 240 Å². The molecule has 41 heavy (non-hydrogen) atoms. The molecule has 1 atom stereocenters. The number of pyridine rings is 1. The smallest absolute Gasteiger partial charge is 0.262 e. The fourth-order valence-electron chi connectivity index (χ4n) is 5.16. The van der Waals surface area contributed by atoms with E-state index < -0.39 is 11.7 Å². The van der Waals surface area contributed by atoms with Gasteiger partial charge in [0, 0.05) is 52.9 Å². The minimum Gasteiger partial charge on any atom is -0.355 e. The van der Waals surface area contributed by atoms with E-state index in [1.54, 1.807) is 65.6 Å². The third-order valence-electron chi connectivity index (χ3n) is 7.26. The van der Waals surface area contributed by atoms with Gasteiger partial charge in [-0.25, -0.2) is 9.37 Å². The molecular weight excluding hydrogens is 541 g/mol. The number of nitrogens with zero attached hydrogens (tertiary/aromatic N) is 5. The van der Waals surface area contributed by atoms with Crippen molar-refractivity contribution < 1.29 is 14.0 Å². The second kappa shape index (κ2) is 11.2. The number of rotatable bonds is 6. The first kappa shape index (κ1) is 26.7. The average molecular weight is 570 g/mol. The highest BCUT2D eigenvalue weighted by atomic mass is 32.1. The molecule has 0 unspecified atom stereocenters. The van der Waals surface area contributed by atoms with Crippen molar-refractivity contribution >= 4 is 39.1 Å². The van der Waals surface area contributed by atoms with Crippen molar-refractivity contribution in [3.05, 3.63) is 83.9 Å². The van der Waals surface area contributed by atoms with E-state index in [2.05, 4.69) is 25.9 Å². The monoisotopic (exact) mass is 569 g/mol. The Morgan fingerprint density at radius 3 is 2.61 bits per heavy atom. The van der Waals surface area contributed by atoms with Gasteiger partial charge < -0.3 is 10.6 Å². The molecule has 1 aliphatic heterocycles. The molecular formula is C30H28FN7O2S. The highest BCUT2D eigenvalue weighted by Gasteiger charge is 2.32. The van der Waals surface area contributed by atoms with Crippen LogP contribution >= 0.6 is 11.3 Å². The topological polar surface area (TPSA) is 105 Å². The van der Waals surface area contributed by atoms with Crippen molar-refractivity contribution in [1.29, 1.82) is 0 Å². The van der Waals surface area contributed by atoms with Gasteiger partial charge in [-0.15, -0.1) is 16.4 Å². The van der Waals surface area contributed by atoms with Crippen LogP contribution in [0.15, 0.2) is 67.0 Å². The van der Waals surface area contributed by atoms with Gasteiger partial charge in [0.25, 0.3) is 11.8 Å². The molecule has 11 heteroatoms. The fraction of sp³-hybridized carbons (Fsp3) is 0.233. The summed E-state index contributed by atoms with van der Waals surface area (Å²) in [5, 5.41) is 14.8. The number of carbonyl (C=O) groups is 2. The van der Waals surface area contributed by atoms with Crippen molar-refractivity contribution in [2.75, 3.05) is 25.0 Å². The summed E-state index contributed by atoms with van der Waals surface area (Å²) in [7, 11) is 3.34. The van der Waals surface area contributed by atoms with Crippen LogP contribution in [0.5, 0.6) is 0 Å². The van der Waals surface area contributed by atoms with Crippen molar-refractivity contribution in [2.45, 2.75) is 18.9 Å². The molecule has 0 radical (unpaired) electrons. The van der Waals surface area contributed by atoms with E-state index in [1.165, 1.54) is 12.1 Å². The number of amides is 2. The zero-order valence-corrected chi connectivity index (χ0v) is 23.4. The normalized spacial score (nSPS) is 15.1. The van der Waals surface area contributed by atoms with Crippen LogP contribution in [0.3, 0.4) is 0 Å². The largest absolute Gasteiger partial charge is 0.355 e. The highest BCUT2D eigenvalue weighted by molar-refractivity contribution is 7.22. The number of aromatic nitrogens is 4. The lowest BCUT2D eigenvalue weighted by Gasteiger charge is -2.34. The van der Waals surface area contributed by atoms with Crippen LogP contribution in [0.25, 0.3) is 31.8 Å². The van der Waals surface area contributed by atoms with Gasteiger partial charge in [-0.2, -0.15) is 0 Å². The number of halogens is 1. The first-order valence-corrected chi connectivity index (χ1v) is 14.2. The quantitative estimate of drug-likeness (QED) is 0.308. The summed E-state index contributed by atoms with van der Waals surface area (Å²) in [6, 6.07) is 15.7. The fourth-order valence-corrected chi connectivity index (χ4v) is 6.22. The van der Waals surface area contributed by atoms with E-state index in [1.807, 2.05) is 24.3 Å². The molecule has 0 saturated carbocycles. The maximum atomic E-state index is 15.5. The lowest BCUT2D eigenvalue weighted by atomic mass is 10.0. The van der Waals surface area contributed by atoms with Crippen LogP contribution in [0.1, 0.15) is 33.6 Å².